The average Bonchev–Trinajstić information content (AvgIpc) is 2.14. The molecule has 0 saturated carbocycles. The minimum absolute atomic E-state index is 0.293. The molecule has 0 bridgehead atoms. The summed E-state index contributed by atoms with van der Waals surface area (Å²) in [5, 5.41) is 0. The normalized spacial score (nSPS) is 8.57. The fourth-order valence-electron chi connectivity index (χ4n) is 0.337. The molecular formula is C5H3OSe. The Labute approximate surface area is 47.7 Å². The fraction of sp³-hybridized carbons (Fsp3) is 0. The molecule has 2 heteroatoms. The Morgan fingerprint density at radius 2 is 2.57 bits per heavy atom. The molecule has 1 heterocycles. The van der Waals surface area contributed by atoms with Crippen LogP contribution in [-0.2, 0) is 4.79 Å². The van der Waals surface area contributed by atoms with Gasteiger partial charge in [-0.3, -0.25) is 0 Å². The quantitative estimate of drug-likeness (QED) is 0.533. The molecule has 0 saturated heterocycles. The van der Waals surface area contributed by atoms with Crippen molar-refractivity contribution < 1.29 is 4.79 Å². The molecule has 35 valence electrons. The van der Waals surface area contributed by atoms with Gasteiger partial charge in [-0.2, -0.15) is 0 Å². The standard InChI is InChI=1S/C5H3OSe/c6-4-5-2-1-3-7-5/h1-3H. The van der Waals surface area contributed by atoms with E-state index >= 15 is 0 Å². The molecule has 0 amide bonds. The Kier molecular flexibility index (Phi) is 1.45. The van der Waals surface area contributed by atoms with Gasteiger partial charge in [-0.1, -0.05) is 0 Å². The summed E-state index contributed by atoms with van der Waals surface area (Å²) in [5.41, 5.74) is 0. The molecule has 0 aliphatic carbocycles. The second kappa shape index (κ2) is 2.10. The van der Waals surface area contributed by atoms with Crippen molar-refractivity contribution >= 4 is 20.8 Å². The molecule has 0 N–H and O–H groups in total. The zero-order valence-corrected chi connectivity index (χ0v) is 5.26. The molecule has 0 aliphatic heterocycles. The Hall–Kier alpha value is -0.331. The van der Waals surface area contributed by atoms with Gasteiger partial charge in [-0.05, 0) is 0 Å². The van der Waals surface area contributed by atoms with Crippen molar-refractivity contribution in [1.29, 1.82) is 0 Å². The van der Waals surface area contributed by atoms with Crippen LogP contribution in [0, 0.1) is 0 Å². The van der Waals surface area contributed by atoms with Crippen LogP contribution in [0.4, 0.5) is 0 Å². The van der Waals surface area contributed by atoms with Gasteiger partial charge in [0.05, 0.1) is 0 Å². The monoisotopic (exact) mass is 159 g/mol. The predicted octanol–water partition coefficient (Wildman–Crippen LogP) is 0.201. The Morgan fingerprint density at radius 1 is 1.71 bits per heavy atom. The summed E-state index contributed by atoms with van der Waals surface area (Å²) in [6, 6.07) is 3.69. The van der Waals surface area contributed by atoms with E-state index in [0.29, 0.717) is 14.5 Å². The molecule has 0 aromatic carbocycles. The zero-order valence-electron chi connectivity index (χ0n) is 3.55. The van der Waals surface area contributed by atoms with Crippen LogP contribution >= 0.6 is 0 Å². The predicted molar refractivity (Wildman–Crippen MR) is 28.2 cm³/mol. The first-order valence-electron chi connectivity index (χ1n) is 1.85. The van der Waals surface area contributed by atoms with E-state index in [0.717, 1.165) is 4.44 Å². The molecule has 1 rings (SSSR count). The third-order valence-electron chi connectivity index (χ3n) is 0.622. The van der Waals surface area contributed by atoms with Gasteiger partial charge in [0.15, 0.2) is 0 Å². The molecule has 7 heavy (non-hydrogen) atoms. The first kappa shape index (κ1) is 4.82. The van der Waals surface area contributed by atoms with Crippen LogP contribution in [0.25, 0.3) is 0 Å². The van der Waals surface area contributed by atoms with Crippen molar-refractivity contribution in [2.45, 2.75) is 0 Å². The summed E-state index contributed by atoms with van der Waals surface area (Å²) < 4.78 is 0.813. The van der Waals surface area contributed by atoms with Gasteiger partial charge in [0.25, 0.3) is 0 Å². The van der Waals surface area contributed by atoms with Crippen molar-refractivity contribution in [2.24, 2.45) is 0 Å². The second-order valence-corrected chi connectivity index (χ2v) is 3.07. The average molecular weight is 158 g/mol. The molecule has 1 nitrogen and oxygen atoms in total. The topological polar surface area (TPSA) is 17.1 Å². The van der Waals surface area contributed by atoms with Crippen LogP contribution in [0.1, 0.15) is 4.44 Å². The van der Waals surface area contributed by atoms with Gasteiger partial charge in [-0.25, -0.2) is 0 Å². The van der Waals surface area contributed by atoms with E-state index in [1.807, 2.05) is 17.3 Å². The SMILES string of the molecule is O=[C]c1ccc[se]1. The van der Waals surface area contributed by atoms with Crippen LogP contribution in [0.15, 0.2) is 17.1 Å². The fourth-order valence-corrected chi connectivity index (χ4v) is 1.40. The zero-order chi connectivity index (χ0) is 5.11. The Balaban J connectivity index is 2.96. The molecule has 0 fully saturated rings. The van der Waals surface area contributed by atoms with Gasteiger partial charge < -0.3 is 0 Å². The maximum atomic E-state index is 9.79. The minimum atomic E-state index is 0.293. The third-order valence-corrected chi connectivity index (χ3v) is 2.23. The number of hydrogen-bond acceptors (Lipinski definition) is 1. The molecule has 1 radical (unpaired) electrons. The van der Waals surface area contributed by atoms with Crippen LogP contribution in [0.3, 0.4) is 0 Å². The summed E-state index contributed by atoms with van der Waals surface area (Å²) in [6.07, 6.45) is 1.84. The summed E-state index contributed by atoms with van der Waals surface area (Å²) in [7, 11) is 0. The number of rotatable bonds is 1. The summed E-state index contributed by atoms with van der Waals surface area (Å²) >= 11 is 0.293. The van der Waals surface area contributed by atoms with Crippen molar-refractivity contribution in [1.82, 2.24) is 0 Å². The van der Waals surface area contributed by atoms with Gasteiger partial charge in [0.1, 0.15) is 0 Å². The summed E-state index contributed by atoms with van der Waals surface area (Å²) in [6.45, 7) is 0. The third kappa shape index (κ3) is 1.02. The van der Waals surface area contributed by atoms with E-state index in [9.17, 15) is 4.79 Å². The molecule has 0 atom stereocenters. The second-order valence-electron chi connectivity index (χ2n) is 1.08. The van der Waals surface area contributed by atoms with Crippen LogP contribution in [-0.4, -0.2) is 20.8 Å². The van der Waals surface area contributed by atoms with Crippen LogP contribution in [0.2, 0.25) is 0 Å². The first-order valence-corrected chi connectivity index (χ1v) is 3.69. The van der Waals surface area contributed by atoms with E-state index < -0.39 is 0 Å². The molecule has 1 aromatic rings. The van der Waals surface area contributed by atoms with Crippen molar-refractivity contribution in [3.05, 3.63) is 21.5 Å². The van der Waals surface area contributed by atoms with Crippen molar-refractivity contribution in [2.75, 3.05) is 0 Å². The van der Waals surface area contributed by atoms with E-state index in [2.05, 4.69) is 0 Å². The maximum absolute atomic E-state index is 9.79. The molecular weight excluding hydrogens is 155 g/mol. The number of hydrogen-bond donors (Lipinski definition) is 0. The van der Waals surface area contributed by atoms with Crippen molar-refractivity contribution in [3.63, 3.8) is 0 Å². The number of carbonyl (C=O) groups excluding carboxylic acids is 1. The summed E-state index contributed by atoms with van der Waals surface area (Å²) in [5.74, 6) is 0. The van der Waals surface area contributed by atoms with Crippen molar-refractivity contribution in [3.8, 4) is 0 Å². The van der Waals surface area contributed by atoms with Gasteiger partial charge in [0.2, 0.25) is 0 Å². The van der Waals surface area contributed by atoms with Crippen LogP contribution < -0.4 is 0 Å². The molecule has 0 spiro atoms. The van der Waals surface area contributed by atoms with E-state index in [-0.39, 0.29) is 0 Å². The van der Waals surface area contributed by atoms with E-state index in [1.54, 1.807) is 6.07 Å². The Morgan fingerprint density at radius 3 is 2.86 bits per heavy atom. The van der Waals surface area contributed by atoms with Gasteiger partial charge >= 0.3 is 47.1 Å². The molecule has 0 unspecified atom stereocenters. The molecule has 1 aromatic heterocycles. The molecule has 0 aliphatic rings. The summed E-state index contributed by atoms with van der Waals surface area (Å²) in [4.78, 5) is 11.8. The first-order chi connectivity index (χ1) is 3.43. The van der Waals surface area contributed by atoms with E-state index in [1.165, 1.54) is 0 Å². The van der Waals surface area contributed by atoms with Crippen LogP contribution in [0.5, 0.6) is 0 Å². The van der Waals surface area contributed by atoms with Gasteiger partial charge in [-0.15, -0.1) is 0 Å². The Bertz CT molecular complexity index is 143. The van der Waals surface area contributed by atoms with Gasteiger partial charge in [0, 0.05) is 0 Å². The van der Waals surface area contributed by atoms with E-state index in [4.69, 9.17) is 0 Å².